The number of ether oxygens (including phenoxy) is 2. The lowest BCUT2D eigenvalue weighted by Gasteiger charge is -2.14. The van der Waals surface area contributed by atoms with Crippen LogP contribution in [-0.4, -0.2) is 32.0 Å². The van der Waals surface area contributed by atoms with Gasteiger partial charge in [-0.1, -0.05) is 18.2 Å². The van der Waals surface area contributed by atoms with Crippen LogP contribution in [0.5, 0.6) is 11.5 Å². The van der Waals surface area contributed by atoms with Crippen LogP contribution in [0.4, 0.5) is 0 Å². The van der Waals surface area contributed by atoms with Crippen LogP contribution >= 0.6 is 22.6 Å². The molecule has 0 spiro atoms. The van der Waals surface area contributed by atoms with E-state index in [1.54, 1.807) is 38.4 Å². The Morgan fingerprint density at radius 3 is 2.57 bits per heavy atom. The molecule has 0 aromatic heterocycles. The van der Waals surface area contributed by atoms with Crippen molar-refractivity contribution in [2.75, 3.05) is 21.2 Å². The molecule has 0 bridgehead atoms. The highest BCUT2D eigenvalue weighted by Gasteiger charge is 2.15. The van der Waals surface area contributed by atoms with Crippen LogP contribution in [0.2, 0.25) is 0 Å². The molecule has 0 aliphatic heterocycles. The van der Waals surface area contributed by atoms with E-state index in [4.69, 9.17) is 9.47 Å². The van der Waals surface area contributed by atoms with Crippen LogP contribution in [0.1, 0.15) is 16.7 Å². The number of nitrogens with zero attached hydrogens (tertiary/aromatic N) is 3. The molecule has 0 aliphatic carbocycles. The number of carbonyl (C=O) groups is 1. The summed E-state index contributed by atoms with van der Waals surface area (Å²) < 4.78 is 12.1. The fourth-order valence-electron chi connectivity index (χ4n) is 2.42. The number of hydrogen-bond donors (Lipinski definition) is 0. The maximum atomic E-state index is 12.1. The number of hydrogen-bond acceptors (Lipinski definition) is 5. The second kappa shape index (κ2) is 9.77. The first-order valence-electron chi connectivity index (χ1n) is 8.23. The Balaban J connectivity index is 2.35. The number of nitriles is 2. The molecular formula is C21H18IN3O3. The van der Waals surface area contributed by atoms with E-state index in [-0.39, 0.29) is 18.1 Å². The normalized spacial score (nSPS) is 10.6. The number of halogens is 1. The van der Waals surface area contributed by atoms with E-state index in [0.29, 0.717) is 22.6 Å². The first kappa shape index (κ1) is 21.3. The summed E-state index contributed by atoms with van der Waals surface area (Å²) in [4.78, 5) is 13.4. The fraction of sp³-hybridized carbons (Fsp3) is 0.190. The van der Waals surface area contributed by atoms with Gasteiger partial charge in [0.25, 0.3) is 5.91 Å². The predicted octanol–water partition coefficient (Wildman–Crippen LogP) is 3.75. The standard InChI is InChI=1S/C21H18IN3O3/c1-25(2)21(26)17(12-24)8-14-9-18(22)20(19(10-14)27-3)28-13-16-7-5-4-6-15(16)11-23/h4-10H,13H2,1-3H3/b17-8-. The van der Waals surface area contributed by atoms with Gasteiger partial charge in [-0.15, -0.1) is 0 Å². The van der Waals surface area contributed by atoms with Crippen LogP contribution in [0, 0.1) is 26.2 Å². The van der Waals surface area contributed by atoms with Gasteiger partial charge in [0, 0.05) is 19.7 Å². The Hall–Kier alpha value is -3.04. The third kappa shape index (κ3) is 5.02. The molecule has 0 saturated carbocycles. The zero-order chi connectivity index (χ0) is 20.7. The number of benzene rings is 2. The van der Waals surface area contributed by atoms with Crippen molar-refractivity contribution in [2.45, 2.75) is 6.61 Å². The van der Waals surface area contributed by atoms with Gasteiger partial charge in [0.15, 0.2) is 11.5 Å². The molecule has 6 nitrogen and oxygen atoms in total. The molecule has 28 heavy (non-hydrogen) atoms. The van der Waals surface area contributed by atoms with E-state index in [2.05, 4.69) is 28.7 Å². The lowest BCUT2D eigenvalue weighted by atomic mass is 10.1. The summed E-state index contributed by atoms with van der Waals surface area (Å²) in [5.41, 5.74) is 2.00. The molecule has 0 atom stereocenters. The summed E-state index contributed by atoms with van der Waals surface area (Å²) >= 11 is 2.11. The Labute approximate surface area is 177 Å². The van der Waals surface area contributed by atoms with Crippen molar-refractivity contribution >= 4 is 34.6 Å². The molecule has 7 heteroatoms. The second-order valence-electron chi connectivity index (χ2n) is 5.96. The van der Waals surface area contributed by atoms with Crippen molar-refractivity contribution in [2.24, 2.45) is 0 Å². The van der Waals surface area contributed by atoms with Gasteiger partial charge >= 0.3 is 0 Å². The van der Waals surface area contributed by atoms with Crippen molar-refractivity contribution in [3.63, 3.8) is 0 Å². The summed E-state index contributed by atoms with van der Waals surface area (Å²) in [6.07, 6.45) is 1.52. The van der Waals surface area contributed by atoms with Gasteiger partial charge in [-0.25, -0.2) is 0 Å². The molecule has 142 valence electrons. The van der Waals surface area contributed by atoms with Gasteiger partial charge < -0.3 is 14.4 Å². The van der Waals surface area contributed by atoms with Crippen molar-refractivity contribution < 1.29 is 14.3 Å². The number of likely N-dealkylation sites (N-methyl/N-ethyl adjacent to an activating group) is 1. The monoisotopic (exact) mass is 487 g/mol. The van der Waals surface area contributed by atoms with Gasteiger partial charge in [0.05, 0.1) is 22.3 Å². The zero-order valence-electron chi connectivity index (χ0n) is 15.7. The minimum atomic E-state index is -0.370. The third-order valence-electron chi connectivity index (χ3n) is 3.83. The van der Waals surface area contributed by atoms with E-state index in [0.717, 1.165) is 9.13 Å². The quantitative estimate of drug-likeness (QED) is 0.352. The lowest BCUT2D eigenvalue weighted by Crippen LogP contribution is -2.22. The number of carbonyl (C=O) groups excluding carboxylic acids is 1. The summed E-state index contributed by atoms with van der Waals surface area (Å²) in [7, 11) is 4.70. The third-order valence-corrected chi connectivity index (χ3v) is 4.63. The number of rotatable bonds is 6. The molecule has 2 rings (SSSR count). The number of amides is 1. The SMILES string of the molecule is COc1cc(/C=C(/C#N)C(=O)N(C)C)cc(I)c1OCc1ccccc1C#N. The maximum Gasteiger partial charge on any atom is 0.264 e. The summed E-state index contributed by atoms with van der Waals surface area (Å²) in [6.45, 7) is 0.216. The van der Waals surface area contributed by atoms with E-state index in [1.165, 1.54) is 18.1 Å². The van der Waals surface area contributed by atoms with E-state index in [9.17, 15) is 15.3 Å². The molecule has 1 amide bonds. The molecular weight excluding hydrogens is 469 g/mol. The lowest BCUT2D eigenvalue weighted by molar-refractivity contribution is -0.124. The van der Waals surface area contributed by atoms with Gasteiger partial charge in [-0.3, -0.25) is 4.79 Å². The Bertz CT molecular complexity index is 1000. The van der Waals surface area contributed by atoms with Crippen molar-refractivity contribution in [3.8, 4) is 23.6 Å². The molecule has 0 unspecified atom stereocenters. The topological polar surface area (TPSA) is 86.3 Å². The van der Waals surface area contributed by atoms with Gasteiger partial charge in [-0.2, -0.15) is 10.5 Å². The van der Waals surface area contributed by atoms with Crippen molar-refractivity contribution in [1.29, 1.82) is 10.5 Å². The molecule has 0 saturated heterocycles. The van der Waals surface area contributed by atoms with Gasteiger partial charge in [-0.05, 0) is 52.4 Å². The molecule has 0 fully saturated rings. The predicted molar refractivity (Wildman–Crippen MR) is 113 cm³/mol. The highest BCUT2D eigenvalue weighted by Crippen LogP contribution is 2.35. The van der Waals surface area contributed by atoms with E-state index < -0.39 is 0 Å². The first-order chi connectivity index (χ1) is 13.4. The highest BCUT2D eigenvalue weighted by molar-refractivity contribution is 14.1. The average Bonchev–Trinajstić information content (AvgIpc) is 2.70. The zero-order valence-corrected chi connectivity index (χ0v) is 17.9. The van der Waals surface area contributed by atoms with Gasteiger partial charge in [0.1, 0.15) is 18.2 Å². The number of methoxy groups -OCH3 is 1. The van der Waals surface area contributed by atoms with Crippen LogP contribution in [0.25, 0.3) is 6.08 Å². The summed E-state index contributed by atoms with van der Waals surface area (Å²) in [6, 6.07) is 14.8. The molecule has 0 aliphatic rings. The smallest absolute Gasteiger partial charge is 0.264 e. The van der Waals surface area contributed by atoms with Gasteiger partial charge in [0.2, 0.25) is 0 Å². The Morgan fingerprint density at radius 1 is 1.25 bits per heavy atom. The Morgan fingerprint density at radius 2 is 1.96 bits per heavy atom. The Kier molecular flexibility index (Phi) is 7.42. The minimum absolute atomic E-state index is 0.0273. The molecule has 2 aromatic carbocycles. The van der Waals surface area contributed by atoms with Crippen LogP contribution < -0.4 is 9.47 Å². The van der Waals surface area contributed by atoms with Crippen molar-refractivity contribution in [3.05, 3.63) is 62.2 Å². The molecule has 0 N–H and O–H groups in total. The van der Waals surface area contributed by atoms with Crippen LogP contribution in [-0.2, 0) is 11.4 Å². The summed E-state index contributed by atoms with van der Waals surface area (Å²) in [5.74, 6) is 0.637. The first-order valence-corrected chi connectivity index (χ1v) is 9.31. The highest BCUT2D eigenvalue weighted by atomic mass is 127. The maximum absolute atomic E-state index is 12.1. The van der Waals surface area contributed by atoms with E-state index >= 15 is 0 Å². The van der Waals surface area contributed by atoms with Crippen LogP contribution in [0.15, 0.2) is 42.0 Å². The largest absolute Gasteiger partial charge is 0.493 e. The molecule has 0 radical (unpaired) electrons. The van der Waals surface area contributed by atoms with Crippen molar-refractivity contribution in [1.82, 2.24) is 4.90 Å². The summed E-state index contributed by atoms with van der Waals surface area (Å²) in [5, 5.41) is 18.5. The van der Waals surface area contributed by atoms with E-state index in [1.807, 2.05) is 18.2 Å². The fourth-order valence-corrected chi connectivity index (χ4v) is 3.20. The molecule has 0 heterocycles. The van der Waals surface area contributed by atoms with Crippen LogP contribution in [0.3, 0.4) is 0 Å². The second-order valence-corrected chi connectivity index (χ2v) is 7.12. The average molecular weight is 487 g/mol. The minimum Gasteiger partial charge on any atom is -0.493 e. The molecule has 2 aromatic rings.